The second-order valence-electron chi connectivity index (χ2n) is 7.53. The molecule has 1 N–H and O–H groups in total. The highest BCUT2D eigenvalue weighted by Gasteiger charge is 2.29. The minimum absolute atomic E-state index is 0. The Morgan fingerprint density at radius 3 is 2.63 bits per heavy atom. The quantitative estimate of drug-likeness (QED) is 0.876. The van der Waals surface area contributed by atoms with Crippen LogP contribution in [0.5, 0.6) is 0 Å². The molecular formula is C20H28ClN5O. The van der Waals surface area contributed by atoms with Gasteiger partial charge in [0.25, 0.3) is 5.91 Å². The highest BCUT2D eigenvalue weighted by molar-refractivity contribution is 5.93. The second-order valence-corrected chi connectivity index (χ2v) is 7.53. The number of aryl methyl sites for hydroxylation is 1. The molecule has 0 radical (unpaired) electrons. The smallest absolute Gasteiger partial charge is 0.276 e. The first-order valence-electron chi connectivity index (χ1n) is 9.61. The van der Waals surface area contributed by atoms with E-state index in [2.05, 4.69) is 39.9 Å². The van der Waals surface area contributed by atoms with E-state index in [4.69, 9.17) is 0 Å². The van der Waals surface area contributed by atoms with Gasteiger partial charge in [0.1, 0.15) is 0 Å². The summed E-state index contributed by atoms with van der Waals surface area (Å²) in [5, 5.41) is 11.9. The van der Waals surface area contributed by atoms with E-state index in [1.165, 1.54) is 11.1 Å². The van der Waals surface area contributed by atoms with Gasteiger partial charge in [-0.05, 0) is 63.2 Å². The average Bonchev–Trinajstić information content (AvgIpc) is 3.08. The molecule has 1 atom stereocenters. The Balaban J connectivity index is 0.00000210. The van der Waals surface area contributed by atoms with E-state index >= 15 is 0 Å². The van der Waals surface area contributed by atoms with Crippen LogP contribution in [0.4, 0.5) is 0 Å². The summed E-state index contributed by atoms with van der Waals surface area (Å²) in [4.78, 5) is 14.9. The Bertz CT molecular complexity index is 799. The minimum Gasteiger partial charge on any atom is -0.337 e. The topological polar surface area (TPSA) is 63.1 Å². The van der Waals surface area contributed by atoms with E-state index in [9.17, 15) is 4.79 Å². The van der Waals surface area contributed by atoms with Gasteiger partial charge in [0.15, 0.2) is 5.69 Å². The number of benzene rings is 1. The van der Waals surface area contributed by atoms with Crippen molar-refractivity contribution in [1.82, 2.24) is 25.2 Å². The van der Waals surface area contributed by atoms with Gasteiger partial charge < -0.3 is 10.2 Å². The Kier molecular flexibility index (Phi) is 6.17. The summed E-state index contributed by atoms with van der Waals surface area (Å²) in [6.07, 6.45) is 5.01. The number of carbonyl (C=O) groups excluding carboxylic acids is 1. The van der Waals surface area contributed by atoms with E-state index < -0.39 is 0 Å². The van der Waals surface area contributed by atoms with Crippen LogP contribution in [0, 0.1) is 6.92 Å². The second kappa shape index (κ2) is 8.40. The van der Waals surface area contributed by atoms with E-state index in [0.29, 0.717) is 11.7 Å². The Morgan fingerprint density at radius 2 is 1.89 bits per heavy atom. The minimum atomic E-state index is -0.00735. The molecule has 2 aliphatic rings. The number of halogens is 1. The lowest BCUT2D eigenvalue weighted by atomic mass is 9.87. The fourth-order valence-corrected chi connectivity index (χ4v) is 4.28. The van der Waals surface area contributed by atoms with E-state index in [0.717, 1.165) is 50.9 Å². The number of likely N-dealkylation sites (N-methyl/N-ethyl adjacent to an activating group) is 1. The lowest BCUT2D eigenvalue weighted by Gasteiger charge is -2.32. The fourth-order valence-electron chi connectivity index (χ4n) is 4.28. The monoisotopic (exact) mass is 389 g/mol. The van der Waals surface area contributed by atoms with Gasteiger partial charge in [-0.25, -0.2) is 4.68 Å². The molecule has 146 valence electrons. The third-order valence-corrected chi connectivity index (χ3v) is 5.97. The summed E-state index contributed by atoms with van der Waals surface area (Å²) in [5.41, 5.74) is 4.17. The third-order valence-electron chi connectivity index (χ3n) is 5.97. The van der Waals surface area contributed by atoms with Crippen molar-refractivity contribution in [2.24, 2.45) is 0 Å². The lowest BCUT2D eigenvalue weighted by molar-refractivity contribution is 0.0712. The number of piperidine rings is 1. The highest BCUT2D eigenvalue weighted by atomic mass is 35.5. The molecule has 1 aromatic carbocycles. The van der Waals surface area contributed by atoms with Gasteiger partial charge in [-0.3, -0.25) is 4.79 Å². The van der Waals surface area contributed by atoms with Gasteiger partial charge in [0.2, 0.25) is 0 Å². The molecule has 1 fully saturated rings. The van der Waals surface area contributed by atoms with Crippen LogP contribution < -0.4 is 5.32 Å². The van der Waals surface area contributed by atoms with Crippen LogP contribution in [0.15, 0.2) is 24.3 Å². The molecular weight excluding hydrogens is 362 g/mol. The van der Waals surface area contributed by atoms with Crippen LogP contribution in [0.1, 0.15) is 52.6 Å². The van der Waals surface area contributed by atoms with E-state index in [1.54, 1.807) is 0 Å². The molecule has 0 bridgehead atoms. The predicted octanol–water partition coefficient (Wildman–Crippen LogP) is 2.56. The SMILES string of the molecule is Cc1c(C(=O)N(C)C2CCc3ccccc3C2)nnn1C1CCNCC1.Cl. The normalized spacial score (nSPS) is 19.9. The number of aromatic nitrogens is 3. The van der Waals surface area contributed by atoms with Crippen molar-refractivity contribution in [3.05, 3.63) is 46.8 Å². The van der Waals surface area contributed by atoms with Gasteiger partial charge in [0, 0.05) is 13.1 Å². The number of rotatable bonds is 3. The molecule has 7 heteroatoms. The number of hydrogen-bond donors (Lipinski definition) is 1. The maximum atomic E-state index is 13.1. The standard InChI is InChI=1S/C20H27N5O.ClH/c1-14-19(22-23-25(14)17-9-11-21-12-10-17)20(26)24(2)18-8-7-15-5-3-4-6-16(15)13-18;/h3-6,17-18,21H,7-13H2,1-2H3;1H. The molecule has 0 spiro atoms. The number of carbonyl (C=O) groups is 1. The van der Waals surface area contributed by atoms with Gasteiger partial charge in [-0.15, -0.1) is 17.5 Å². The first-order chi connectivity index (χ1) is 12.6. The summed E-state index contributed by atoms with van der Waals surface area (Å²) in [6, 6.07) is 9.12. The van der Waals surface area contributed by atoms with Crippen molar-refractivity contribution in [2.45, 2.75) is 51.1 Å². The molecule has 1 amide bonds. The van der Waals surface area contributed by atoms with Crippen LogP contribution in [0.25, 0.3) is 0 Å². The zero-order valence-electron chi connectivity index (χ0n) is 16.0. The van der Waals surface area contributed by atoms with Crippen molar-refractivity contribution >= 4 is 18.3 Å². The molecule has 1 saturated heterocycles. The maximum Gasteiger partial charge on any atom is 0.276 e. The molecule has 1 aliphatic heterocycles. The van der Waals surface area contributed by atoms with Crippen molar-refractivity contribution in [3.63, 3.8) is 0 Å². The molecule has 6 nitrogen and oxygen atoms in total. The number of nitrogens with one attached hydrogen (secondary N) is 1. The average molecular weight is 390 g/mol. The molecule has 4 rings (SSSR count). The van der Waals surface area contributed by atoms with Crippen LogP contribution in [0.2, 0.25) is 0 Å². The maximum absolute atomic E-state index is 13.1. The highest BCUT2D eigenvalue weighted by Crippen LogP contribution is 2.26. The van der Waals surface area contributed by atoms with Crippen LogP contribution >= 0.6 is 12.4 Å². The summed E-state index contributed by atoms with van der Waals surface area (Å²) in [6.45, 7) is 3.96. The lowest BCUT2D eigenvalue weighted by Crippen LogP contribution is -2.41. The van der Waals surface area contributed by atoms with Gasteiger partial charge in [0.05, 0.1) is 11.7 Å². The zero-order chi connectivity index (χ0) is 18.1. The van der Waals surface area contributed by atoms with E-state index in [-0.39, 0.29) is 24.4 Å². The van der Waals surface area contributed by atoms with Crippen LogP contribution in [0.3, 0.4) is 0 Å². The largest absolute Gasteiger partial charge is 0.337 e. The predicted molar refractivity (Wildman–Crippen MR) is 107 cm³/mol. The van der Waals surface area contributed by atoms with Crippen molar-refractivity contribution < 1.29 is 4.79 Å². The molecule has 27 heavy (non-hydrogen) atoms. The summed E-state index contributed by atoms with van der Waals surface area (Å²) >= 11 is 0. The number of nitrogens with zero attached hydrogens (tertiary/aromatic N) is 4. The van der Waals surface area contributed by atoms with Crippen molar-refractivity contribution in [1.29, 1.82) is 0 Å². The molecule has 2 aromatic rings. The summed E-state index contributed by atoms with van der Waals surface area (Å²) < 4.78 is 1.96. The molecule has 2 heterocycles. The first kappa shape index (κ1) is 19.8. The number of fused-ring (bicyclic) bond motifs is 1. The van der Waals surface area contributed by atoms with Crippen molar-refractivity contribution in [3.8, 4) is 0 Å². The molecule has 1 unspecified atom stereocenters. The fraction of sp³-hybridized carbons (Fsp3) is 0.550. The Hall–Kier alpha value is -1.92. The molecule has 0 saturated carbocycles. The molecule has 1 aliphatic carbocycles. The van der Waals surface area contributed by atoms with E-state index in [1.807, 2.05) is 23.6 Å². The zero-order valence-corrected chi connectivity index (χ0v) is 16.8. The van der Waals surface area contributed by atoms with Gasteiger partial charge in [-0.1, -0.05) is 29.5 Å². The Morgan fingerprint density at radius 1 is 1.19 bits per heavy atom. The summed E-state index contributed by atoms with van der Waals surface area (Å²) in [5.74, 6) is -0.00735. The van der Waals surface area contributed by atoms with Crippen molar-refractivity contribution in [2.75, 3.05) is 20.1 Å². The third kappa shape index (κ3) is 3.87. The number of hydrogen-bond acceptors (Lipinski definition) is 4. The van der Waals surface area contributed by atoms with Crippen LogP contribution in [-0.4, -0.2) is 52.0 Å². The van der Waals surface area contributed by atoms with Crippen LogP contribution in [-0.2, 0) is 12.8 Å². The number of amides is 1. The molecule has 1 aromatic heterocycles. The van der Waals surface area contributed by atoms with Gasteiger partial charge in [-0.2, -0.15) is 0 Å². The Labute approximate surface area is 166 Å². The van der Waals surface area contributed by atoms with Gasteiger partial charge >= 0.3 is 0 Å². The first-order valence-corrected chi connectivity index (χ1v) is 9.61. The summed E-state index contributed by atoms with van der Waals surface area (Å²) in [7, 11) is 1.91.